The SMILES string of the molecule is C[C@@H]1O[C@@H](OC[C@H]2O[C@@H](Oc3cc4c(O[C@@H]5O[C@H](CO)[C@@H](O)[C@H](O)[C@H]5O)cccc4[o+]c3-c3ccc(O)c(O)c3)[C@H](O)[C@@H](O)[C@@H]2O)[C@H](O)[C@H](O)[C@H]1O. The van der Waals surface area contributed by atoms with Gasteiger partial charge in [-0.3, -0.25) is 0 Å². The number of phenols is 2. The maximum Gasteiger partial charge on any atom is 0.402 e. The highest BCUT2D eigenvalue weighted by molar-refractivity contribution is 5.87. The fourth-order valence-corrected chi connectivity index (χ4v) is 6.08. The van der Waals surface area contributed by atoms with Crippen LogP contribution in [0.1, 0.15) is 6.92 Å². The van der Waals surface area contributed by atoms with Crippen LogP contribution in [0.2, 0.25) is 0 Å². The molecule has 0 aliphatic carbocycles. The Labute approximate surface area is 294 Å². The molecule has 0 radical (unpaired) electrons. The Morgan fingerprint density at radius 1 is 0.615 bits per heavy atom. The highest BCUT2D eigenvalue weighted by Crippen LogP contribution is 2.42. The molecule has 12 N–H and O–H groups in total. The molecule has 0 saturated carbocycles. The highest BCUT2D eigenvalue weighted by atomic mass is 16.7. The van der Waals surface area contributed by atoms with Gasteiger partial charge in [0.25, 0.3) is 0 Å². The Hall–Kier alpha value is -3.51. The van der Waals surface area contributed by atoms with Crippen molar-refractivity contribution in [2.75, 3.05) is 13.2 Å². The zero-order chi connectivity index (χ0) is 37.6. The van der Waals surface area contributed by atoms with Crippen molar-refractivity contribution >= 4 is 11.0 Å². The molecule has 0 bridgehead atoms. The van der Waals surface area contributed by atoms with Crippen LogP contribution in [0, 0.1) is 0 Å². The van der Waals surface area contributed by atoms with Crippen LogP contribution in [-0.2, 0) is 18.9 Å². The van der Waals surface area contributed by atoms with Crippen molar-refractivity contribution in [2.45, 2.75) is 99.0 Å². The number of aromatic hydroxyl groups is 2. The summed E-state index contributed by atoms with van der Waals surface area (Å²) in [6.07, 6.45) is -23.8. The summed E-state index contributed by atoms with van der Waals surface area (Å²) in [4.78, 5) is 0. The highest BCUT2D eigenvalue weighted by Gasteiger charge is 2.49. The van der Waals surface area contributed by atoms with E-state index in [1.54, 1.807) is 0 Å². The monoisotopic (exact) mass is 741 g/mol. The second-order valence-electron chi connectivity index (χ2n) is 12.8. The Balaban J connectivity index is 1.32. The average Bonchev–Trinajstić information content (AvgIpc) is 3.13. The van der Waals surface area contributed by atoms with Crippen molar-refractivity contribution in [3.05, 3.63) is 42.5 Å². The molecule has 3 aromatic rings. The van der Waals surface area contributed by atoms with Gasteiger partial charge in [0.2, 0.25) is 18.3 Å². The Morgan fingerprint density at radius 3 is 1.87 bits per heavy atom. The number of ether oxygens (including phenoxy) is 6. The third kappa shape index (κ3) is 7.34. The molecule has 15 atom stereocenters. The molecule has 19 nitrogen and oxygen atoms in total. The average molecular weight is 742 g/mol. The van der Waals surface area contributed by atoms with Gasteiger partial charge >= 0.3 is 11.3 Å². The topological polar surface area (TPSA) is 309 Å². The summed E-state index contributed by atoms with van der Waals surface area (Å²) in [6.45, 7) is 0.164. The summed E-state index contributed by atoms with van der Waals surface area (Å²) in [5, 5.41) is 124. The van der Waals surface area contributed by atoms with Crippen molar-refractivity contribution in [3.63, 3.8) is 0 Å². The zero-order valence-corrected chi connectivity index (χ0v) is 27.3. The van der Waals surface area contributed by atoms with E-state index in [0.29, 0.717) is 0 Å². The predicted molar refractivity (Wildman–Crippen MR) is 169 cm³/mol. The Kier molecular flexibility index (Phi) is 11.4. The van der Waals surface area contributed by atoms with Gasteiger partial charge in [0.15, 0.2) is 17.8 Å². The molecule has 286 valence electrons. The number of aliphatic hydroxyl groups excluding tert-OH is 10. The first-order valence-corrected chi connectivity index (χ1v) is 16.3. The lowest BCUT2D eigenvalue weighted by atomic mass is 9.98. The van der Waals surface area contributed by atoms with E-state index in [1.807, 2.05) is 0 Å². The number of benzene rings is 2. The Bertz CT molecular complexity index is 1690. The van der Waals surface area contributed by atoms with E-state index in [2.05, 4.69) is 0 Å². The first kappa shape index (κ1) is 38.2. The summed E-state index contributed by atoms with van der Waals surface area (Å²) in [5.74, 6) is -1.31. The van der Waals surface area contributed by atoms with E-state index in [0.717, 1.165) is 6.07 Å². The first-order valence-electron chi connectivity index (χ1n) is 16.3. The number of hydrogen-bond acceptors (Lipinski definition) is 18. The number of rotatable bonds is 9. The minimum Gasteiger partial charge on any atom is -0.504 e. The normalized spacial score (nSPS) is 38.2. The van der Waals surface area contributed by atoms with Crippen molar-refractivity contribution in [2.24, 2.45) is 0 Å². The molecule has 19 heteroatoms. The zero-order valence-electron chi connectivity index (χ0n) is 27.3. The molecule has 3 aliphatic rings. The maximum absolute atomic E-state index is 10.9. The van der Waals surface area contributed by atoms with Crippen LogP contribution in [0.5, 0.6) is 23.0 Å². The van der Waals surface area contributed by atoms with Crippen LogP contribution in [0.3, 0.4) is 0 Å². The standard InChI is InChI=1S/C33H40O19/c1-11-21(37)24(40)27(43)31(47-11)46-10-20-23(39)26(42)29(45)33(52-20)50-18-8-13-16(48-30(18)12-5-6-14(35)15(36)7-12)3-2-4-17(13)49-32-28(44)25(41)22(38)19(9-34)51-32/h2-8,11,19-29,31-34,37-45H,9-10H2,1H3,(H-,35,36)/p+1/t11-,19+,20+,21-,22+,23+,24+,25-,26-,27+,28+,29+,31+,32+,33+/m0/s1. The van der Waals surface area contributed by atoms with Gasteiger partial charge in [0.1, 0.15) is 78.3 Å². The Morgan fingerprint density at radius 2 is 1.21 bits per heavy atom. The van der Waals surface area contributed by atoms with Crippen LogP contribution in [0.15, 0.2) is 46.9 Å². The second kappa shape index (κ2) is 15.5. The largest absolute Gasteiger partial charge is 0.504 e. The second-order valence-corrected chi connectivity index (χ2v) is 12.8. The number of fused-ring (bicyclic) bond motifs is 1. The smallest absolute Gasteiger partial charge is 0.402 e. The van der Waals surface area contributed by atoms with Gasteiger partial charge in [-0.2, -0.15) is 0 Å². The fraction of sp³-hybridized carbons (Fsp3) is 0.545. The first-order chi connectivity index (χ1) is 24.7. The summed E-state index contributed by atoms with van der Waals surface area (Å²) < 4.78 is 40.3. The summed E-state index contributed by atoms with van der Waals surface area (Å²) in [7, 11) is 0. The van der Waals surface area contributed by atoms with Gasteiger partial charge in [-0.25, -0.2) is 4.42 Å². The van der Waals surface area contributed by atoms with E-state index in [1.165, 1.54) is 43.3 Å². The molecular weight excluding hydrogens is 700 g/mol. The minimum absolute atomic E-state index is 0.0186. The van der Waals surface area contributed by atoms with E-state index >= 15 is 0 Å². The van der Waals surface area contributed by atoms with Crippen LogP contribution >= 0.6 is 0 Å². The summed E-state index contributed by atoms with van der Waals surface area (Å²) in [5.41, 5.74) is 0.271. The van der Waals surface area contributed by atoms with E-state index in [9.17, 15) is 61.3 Å². The molecule has 0 amide bonds. The van der Waals surface area contributed by atoms with Crippen LogP contribution < -0.4 is 9.47 Å². The lowest BCUT2D eigenvalue weighted by molar-refractivity contribution is -0.318. The van der Waals surface area contributed by atoms with Crippen molar-refractivity contribution in [1.82, 2.24) is 0 Å². The van der Waals surface area contributed by atoms with Gasteiger partial charge in [0, 0.05) is 18.2 Å². The van der Waals surface area contributed by atoms with Crippen LogP contribution in [0.25, 0.3) is 22.3 Å². The molecular formula is C33H41O19+. The molecule has 3 aliphatic heterocycles. The van der Waals surface area contributed by atoms with Gasteiger partial charge in [-0.05, 0) is 31.2 Å². The van der Waals surface area contributed by atoms with Crippen molar-refractivity contribution < 1.29 is 94.1 Å². The number of hydrogen-bond donors (Lipinski definition) is 12. The van der Waals surface area contributed by atoms with Crippen molar-refractivity contribution in [1.29, 1.82) is 0 Å². The summed E-state index contributed by atoms with van der Waals surface area (Å²) >= 11 is 0. The molecule has 0 unspecified atom stereocenters. The predicted octanol–water partition coefficient (Wildman–Crippen LogP) is -3.00. The van der Waals surface area contributed by atoms with Gasteiger partial charge < -0.3 is 89.7 Å². The third-order valence-electron chi connectivity index (χ3n) is 9.21. The molecule has 6 rings (SSSR count). The quantitative estimate of drug-likeness (QED) is 0.0768. The number of aliphatic hydroxyl groups is 10. The minimum atomic E-state index is -1.89. The van der Waals surface area contributed by atoms with Crippen LogP contribution in [0.4, 0.5) is 0 Å². The molecule has 0 spiro atoms. The van der Waals surface area contributed by atoms with Crippen molar-refractivity contribution in [3.8, 4) is 34.3 Å². The van der Waals surface area contributed by atoms with Crippen LogP contribution in [-0.4, -0.2) is 167 Å². The fourth-order valence-electron chi connectivity index (χ4n) is 6.08. The van der Waals surface area contributed by atoms with Gasteiger partial charge in [-0.1, -0.05) is 0 Å². The third-order valence-corrected chi connectivity index (χ3v) is 9.21. The summed E-state index contributed by atoms with van der Waals surface area (Å²) in [6, 6.07) is 9.50. The molecule has 4 heterocycles. The van der Waals surface area contributed by atoms with E-state index in [4.69, 9.17) is 32.8 Å². The lowest BCUT2D eigenvalue weighted by Crippen LogP contribution is -2.61. The molecule has 2 aromatic carbocycles. The molecule has 3 saturated heterocycles. The molecule has 1 aromatic heterocycles. The van der Waals surface area contributed by atoms with Gasteiger partial charge in [0.05, 0.1) is 24.9 Å². The van der Waals surface area contributed by atoms with Gasteiger partial charge in [-0.15, -0.1) is 0 Å². The lowest BCUT2D eigenvalue weighted by Gasteiger charge is -2.42. The maximum atomic E-state index is 10.9. The molecule has 52 heavy (non-hydrogen) atoms. The van der Waals surface area contributed by atoms with E-state index in [-0.39, 0.29) is 33.8 Å². The van der Waals surface area contributed by atoms with E-state index < -0.39 is 117 Å². The molecule has 3 fully saturated rings. The number of phenolic OH excluding ortho intramolecular Hbond substituents is 2.